The van der Waals surface area contributed by atoms with Crippen molar-refractivity contribution < 1.29 is 29.0 Å². The number of aliphatic carboxylic acids is 1. The molecule has 35 heavy (non-hydrogen) atoms. The molecular formula is C26H29N3O6. The van der Waals surface area contributed by atoms with E-state index in [1.807, 2.05) is 24.3 Å². The zero-order valence-electron chi connectivity index (χ0n) is 19.5. The van der Waals surface area contributed by atoms with Gasteiger partial charge in [-0.25, -0.2) is 4.79 Å². The number of alkyl carbamates (subject to hydrolysis) is 1. The highest BCUT2D eigenvalue weighted by Crippen LogP contribution is 2.44. The Morgan fingerprint density at radius 3 is 2.34 bits per heavy atom. The van der Waals surface area contributed by atoms with Crippen LogP contribution in [0.15, 0.2) is 48.5 Å². The molecule has 9 nitrogen and oxygen atoms in total. The van der Waals surface area contributed by atoms with Crippen LogP contribution in [-0.2, 0) is 19.1 Å². The highest BCUT2D eigenvalue weighted by molar-refractivity contribution is 5.94. The molecule has 1 aliphatic heterocycles. The number of rotatable bonds is 9. The Kier molecular flexibility index (Phi) is 7.33. The number of carboxylic acids is 1. The lowest BCUT2D eigenvalue weighted by molar-refractivity contribution is -0.143. The first-order valence-corrected chi connectivity index (χ1v) is 11.8. The molecule has 3 unspecified atom stereocenters. The van der Waals surface area contributed by atoms with Crippen molar-refractivity contribution in [2.24, 2.45) is 11.8 Å². The molecule has 4 N–H and O–H groups in total. The maximum atomic E-state index is 12.4. The summed E-state index contributed by atoms with van der Waals surface area (Å²) in [4.78, 5) is 47.7. The zero-order chi connectivity index (χ0) is 24.9. The van der Waals surface area contributed by atoms with Gasteiger partial charge in [-0.2, -0.15) is 0 Å². The maximum Gasteiger partial charge on any atom is 0.407 e. The molecule has 184 valence electrons. The third-order valence-corrected chi connectivity index (χ3v) is 6.67. The molecule has 0 spiro atoms. The lowest BCUT2D eigenvalue weighted by Gasteiger charge is -2.18. The van der Waals surface area contributed by atoms with E-state index in [1.165, 1.54) is 0 Å². The highest BCUT2D eigenvalue weighted by Gasteiger charge is 2.40. The van der Waals surface area contributed by atoms with Crippen molar-refractivity contribution in [2.45, 2.75) is 31.7 Å². The summed E-state index contributed by atoms with van der Waals surface area (Å²) in [6.45, 7) is 2.26. The Bertz CT molecular complexity index is 1090. The van der Waals surface area contributed by atoms with Crippen molar-refractivity contribution in [2.75, 3.05) is 19.7 Å². The number of carboxylic acid groups (broad SMARTS) is 1. The summed E-state index contributed by atoms with van der Waals surface area (Å²) >= 11 is 0. The van der Waals surface area contributed by atoms with Crippen molar-refractivity contribution in [3.63, 3.8) is 0 Å². The lowest BCUT2D eigenvalue weighted by Crippen LogP contribution is -2.47. The number of fused-ring (bicyclic) bond motifs is 3. The summed E-state index contributed by atoms with van der Waals surface area (Å²) in [6.07, 6.45) is 0.468. The van der Waals surface area contributed by atoms with Gasteiger partial charge in [0, 0.05) is 24.9 Å². The third kappa shape index (κ3) is 5.29. The average Bonchev–Trinajstić information content (AvgIpc) is 3.38. The SMILES string of the molecule is CC(CCCNC(=O)OCC1c2ccccc2-c2ccccc21)C(=O)NC1C(=O)NCC1C(=O)O. The number of carbonyl (C=O) groups excluding carboxylic acids is 3. The first kappa shape index (κ1) is 24.3. The fourth-order valence-corrected chi connectivity index (χ4v) is 4.69. The van der Waals surface area contributed by atoms with Gasteiger partial charge in [0.1, 0.15) is 18.6 Å². The third-order valence-electron chi connectivity index (χ3n) is 6.67. The van der Waals surface area contributed by atoms with E-state index in [2.05, 4.69) is 40.2 Å². The molecule has 1 aliphatic carbocycles. The van der Waals surface area contributed by atoms with Gasteiger partial charge >= 0.3 is 12.1 Å². The molecule has 0 radical (unpaired) electrons. The van der Waals surface area contributed by atoms with Crippen LogP contribution in [0.1, 0.15) is 36.8 Å². The summed E-state index contributed by atoms with van der Waals surface area (Å²) in [5.41, 5.74) is 4.60. The molecule has 2 aromatic carbocycles. The Morgan fingerprint density at radius 1 is 1.09 bits per heavy atom. The van der Waals surface area contributed by atoms with Crippen LogP contribution < -0.4 is 16.0 Å². The summed E-state index contributed by atoms with van der Waals surface area (Å²) in [6, 6.07) is 15.2. The van der Waals surface area contributed by atoms with Gasteiger partial charge < -0.3 is 25.8 Å². The fraction of sp³-hybridized carbons (Fsp3) is 0.385. The van der Waals surface area contributed by atoms with E-state index in [9.17, 15) is 24.3 Å². The molecule has 3 atom stereocenters. The highest BCUT2D eigenvalue weighted by atomic mass is 16.5. The Morgan fingerprint density at radius 2 is 1.71 bits per heavy atom. The van der Waals surface area contributed by atoms with Crippen molar-refractivity contribution in [3.05, 3.63) is 59.7 Å². The normalized spacial score (nSPS) is 19.3. The number of nitrogens with one attached hydrogen (secondary N) is 3. The molecule has 4 rings (SSSR count). The van der Waals surface area contributed by atoms with Crippen LogP contribution in [0.2, 0.25) is 0 Å². The van der Waals surface area contributed by atoms with E-state index in [0.717, 1.165) is 22.3 Å². The quantitative estimate of drug-likeness (QED) is 0.408. The van der Waals surface area contributed by atoms with Gasteiger partial charge in [-0.15, -0.1) is 0 Å². The largest absolute Gasteiger partial charge is 0.481 e. The standard InChI is InChI=1S/C26H29N3O6/c1-15(23(30)29-22-20(25(32)33)13-28-24(22)31)7-6-12-27-26(34)35-14-21-18-10-4-2-8-16(18)17-9-3-5-11-19(17)21/h2-5,8-11,15,20-22H,6-7,12-14H2,1H3,(H,27,34)(H,28,31)(H,29,30)(H,32,33). The van der Waals surface area contributed by atoms with Crippen LogP contribution >= 0.6 is 0 Å². The smallest absolute Gasteiger partial charge is 0.407 e. The molecule has 3 amide bonds. The Labute approximate surface area is 203 Å². The van der Waals surface area contributed by atoms with E-state index < -0.39 is 35.8 Å². The van der Waals surface area contributed by atoms with Gasteiger partial charge in [-0.3, -0.25) is 14.4 Å². The van der Waals surface area contributed by atoms with Crippen LogP contribution in [0.25, 0.3) is 11.1 Å². The fourth-order valence-electron chi connectivity index (χ4n) is 4.69. The van der Waals surface area contributed by atoms with E-state index in [-0.39, 0.29) is 25.0 Å². The monoisotopic (exact) mass is 479 g/mol. The van der Waals surface area contributed by atoms with Crippen LogP contribution in [0.3, 0.4) is 0 Å². The minimum atomic E-state index is -1.13. The number of hydrogen-bond donors (Lipinski definition) is 4. The van der Waals surface area contributed by atoms with Crippen LogP contribution in [0, 0.1) is 11.8 Å². The first-order chi connectivity index (χ1) is 16.9. The van der Waals surface area contributed by atoms with E-state index in [0.29, 0.717) is 19.4 Å². The minimum Gasteiger partial charge on any atom is -0.481 e. The zero-order valence-corrected chi connectivity index (χ0v) is 19.5. The summed E-state index contributed by atoms with van der Waals surface area (Å²) in [7, 11) is 0. The molecule has 1 saturated heterocycles. The van der Waals surface area contributed by atoms with Crippen LogP contribution in [0.4, 0.5) is 4.79 Å². The molecule has 1 heterocycles. The molecule has 9 heteroatoms. The first-order valence-electron chi connectivity index (χ1n) is 11.8. The van der Waals surface area contributed by atoms with Crippen molar-refractivity contribution >= 4 is 23.9 Å². The predicted molar refractivity (Wildman–Crippen MR) is 128 cm³/mol. The van der Waals surface area contributed by atoms with Crippen molar-refractivity contribution in [1.82, 2.24) is 16.0 Å². The van der Waals surface area contributed by atoms with Gasteiger partial charge in [0.05, 0.1) is 0 Å². The number of carbonyl (C=O) groups is 4. The van der Waals surface area contributed by atoms with Gasteiger partial charge in [0.15, 0.2) is 0 Å². The summed E-state index contributed by atoms with van der Waals surface area (Å²) in [5.74, 6) is -3.45. The predicted octanol–water partition coefficient (Wildman–Crippen LogP) is 2.26. The number of amides is 3. The van der Waals surface area contributed by atoms with Crippen molar-refractivity contribution in [1.29, 1.82) is 0 Å². The second-order valence-corrected chi connectivity index (χ2v) is 8.97. The van der Waals surface area contributed by atoms with Gasteiger partial charge in [-0.05, 0) is 35.1 Å². The second kappa shape index (κ2) is 10.6. The molecule has 1 fully saturated rings. The Balaban J connectivity index is 1.19. The number of hydrogen-bond acceptors (Lipinski definition) is 5. The van der Waals surface area contributed by atoms with Crippen LogP contribution in [-0.4, -0.2) is 54.7 Å². The maximum absolute atomic E-state index is 12.4. The van der Waals surface area contributed by atoms with E-state index in [1.54, 1.807) is 6.92 Å². The summed E-state index contributed by atoms with van der Waals surface area (Å²) in [5, 5.41) is 16.9. The average molecular weight is 480 g/mol. The van der Waals surface area contributed by atoms with Crippen molar-refractivity contribution in [3.8, 4) is 11.1 Å². The van der Waals surface area contributed by atoms with E-state index >= 15 is 0 Å². The van der Waals surface area contributed by atoms with Gasteiger partial charge in [-0.1, -0.05) is 55.5 Å². The van der Waals surface area contributed by atoms with Gasteiger partial charge in [0.25, 0.3) is 0 Å². The molecule has 0 saturated carbocycles. The second-order valence-electron chi connectivity index (χ2n) is 8.97. The number of benzene rings is 2. The van der Waals surface area contributed by atoms with E-state index in [4.69, 9.17) is 4.74 Å². The van der Waals surface area contributed by atoms with Gasteiger partial charge in [0.2, 0.25) is 11.8 Å². The minimum absolute atomic E-state index is 0.00243. The lowest BCUT2D eigenvalue weighted by atomic mass is 9.98. The van der Waals surface area contributed by atoms with Crippen LogP contribution in [0.5, 0.6) is 0 Å². The Hall–Kier alpha value is -3.88. The summed E-state index contributed by atoms with van der Waals surface area (Å²) < 4.78 is 5.50. The molecule has 0 bridgehead atoms. The molecule has 2 aliphatic rings. The number of ether oxygens (including phenoxy) is 1. The molecule has 0 aromatic heterocycles. The topological polar surface area (TPSA) is 134 Å². The molecule has 2 aromatic rings. The molecular weight excluding hydrogens is 450 g/mol.